The number of carbonyl (C=O) groups excluding carboxylic acids is 1. The van der Waals surface area contributed by atoms with Gasteiger partial charge in [0.05, 0.1) is 24.8 Å². The van der Waals surface area contributed by atoms with Crippen molar-refractivity contribution < 1.29 is 19.0 Å². The average Bonchev–Trinajstić information content (AvgIpc) is 3.02. The summed E-state index contributed by atoms with van der Waals surface area (Å²) in [5, 5.41) is 2.86. The Kier molecular flexibility index (Phi) is 6.37. The van der Waals surface area contributed by atoms with Crippen molar-refractivity contribution in [2.24, 2.45) is 7.05 Å². The van der Waals surface area contributed by atoms with Gasteiger partial charge in [-0.1, -0.05) is 0 Å². The molecular formula is C21H25N3O4. The van der Waals surface area contributed by atoms with Gasteiger partial charge < -0.3 is 24.1 Å². The van der Waals surface area contributed by atoms with Gasteiger partial charge in [-0.15, -0.1) is 0 Å². The average molecular weight is 383 g/mol. The molecule has 0 saturated carbocycles. The summed E-state index contributed by atoms with van der Waals surface area (Å²) in [7, 11) is 3.60. The predicted molar refractivity (Wildman–Crippen MR) is 107 cm³/mol. The lowest BCUT2D eigenvalue weighted by Crippen LogP contribution is -2.31. The topological polar surface area (TPSA) is 74.6 Å². The van der Waals surface area contributed by atoms with Crippen LogP contribution in [0.5, 0.6) is 17.2 Å². The van der Waals surface area contributed by atoms with Crippen LogP contribution in [-0.2, 0) is 18.3 Å². The van der Waals surface area contributed by atoms with Crippen LogP contribution >= 0.6 is 0 Å². The van der Waals surface area contributed by atoms with E-state index in [9.17, 15) is 4.79 Å². The van der Waals surface area contributed by atoms with E-state index in [1.165, 1.54) is 0 Å². The van der Waals surface area contributed by atoms with Gasteiger partial charge in [0.2, 0.25) is 0 Å². The van der Waals surface area contributed by atoms with E-state index in [0.29, 0.717) is 25.3 Å². The smallest absolute Gasteiger partial charge is 0.257 e. The molecule has 1 aromatic heterocycles. The van der Waals surface area contributed by atoms with Crippen LogP contribution in [-0.4, -0.2) is 42.3 Å². The number of aromatic nitrogens is 2. The van der Waals surface area contributed by atoms with Crippen molar-refractivity contribution in [3.8, 4) is 17.2 Å². The van der Waals surface area contributed by atoms with E-state index in [2.05, 4.69) is 10.3 Å². The minimum Gasteiger partial charge on any atom is -0.497 e. The Morgan fingerprint density at radius 3 is 2.43 bits per heavy atom. The van der Waals surface area contributed by atoms with Crippen LogP contribution in [0.25, 0.3) is 11.0 Å². The monoisotopic (exact) mass is 383 g/mol. The third kappa shape index (κ3) is 4.73. The number of hydrogen-bond acceptors (Lipinski definition) is 5. The number of benzene rings is 2. The number of fused-ring (bicyclic) bond motifs is 1. The number of rotatable bonds is 9. The van der Waals surface area contributed by atoms with Crippen LogP contribution in [0.15, 0.2) is 42.5 Å². The molecule has 0 unspecified atom stereocenters. The SMILES string of the molecule is CCOc1ccc(OCC(=O)NCCc2nc3cc(OC)ccc3n2C)cc1. The molecule has 0 aliphatic rings. The summed E-state index contributed by atoms with van der Waals surface area (Å²) in [5.41, 5.74) is 1.91. The minimum atomic E-state index is -0.172. The predicted octanol–water partition coefficient (Wildman–Crippen LogP) is 2.72. The minimum absolute atomic E-state index is 0.0340. The molecule has 0 radical (unpaired) electrons. The molecule has 2 aromatic carbocycles. The maximum atomic E-state index is 12.0. The van der Waals surface area contributed by atoms with E-state index >= 15 is 0 Å². The second-order valence-electron chi connectivity index (χ2n) is 6.23. The fraction of sp³-hybridized carbons (Fsp3) is 0.333. The number of hydrogen-bond donors (Lipinski definition) is 1. The molecule has 0 atom stereocenters. The van der Waals surface area contributed by atoms with Crippen molar-refractivity contribution in [2.45, 2.75) is 13.3 Å². The number of amides is 1. The van der Waals surface area contributed by atoms with Crippen LogP contribution in [0, 0.1) is 0 Å². The Balaban J connectivity index is 1.47. The molecule has 0 fully saturated rings. The zero-order valence-corrected chi connectivity index (χ0v) is 16.4. The lowest BCUT2D eigenvalue weighted by atomic mass is 10.3. The first-order valence-corrected chi connectivity index (χ1v) is 9.22. The van der Waals surface area contributed by atoms with Crippen LogP contribution in [0.2, 0.25) is 0 Å². The molecule has 0 spiro atoms. The van der Waals surface area contributed by atoms with Crippen molar-refractivity contribution in [3.05, 3.63) is 48.3 Å². The molecule has 7 nitrogen and oxygen atoms in total. The Hall–Kier alpha value is -3.22. The lowest BCUT2D eigenvalue weighted by molar-refractivity contribution is -0.123. The molecule has 7 heteroatoms. The summed E-state index contributed by atoms with van der Waals surface area (Å²) in [5.74, 6) is 2.91. The first-order chi connectivity index (χ1) is 13.6. The Bertz CT molecular complexity index is 935. The molecule has 0 aliphatic carbocycles. The fourth-order valence-corrected chi connectivity index (χ4v) is 2.89. The first kappa shape index (κ1) is 19.5. The maximum absolute atomic E-state index is 12.0. The molecule has 1 heterocycles. The number of ether oxygens (including phenoxy) is 3. The zero-order valence-electron chi connectivity index (χ0n) is 16.4. The van der Waals surface area contributed by atoms with Crippen LogP contribution in [0.3, 0.4) is 0 Å². The number of nitrogens with zero attached hydrogens (tertiary/aromatic N) is 2. The molecule has 3 rings (SSSR count). The van der Waals surface area contributed by atoms with Gasteiger partial charge in [0.1, 0.15) is 23.1 Å². The van der Waals surface area contributed by atoms with Gasteiger partial charge in [-0.25, -0.2) is 4.98 Å². The second kappa shape index (κ2) is 9.12. The van der Waals surface area contributed by atoms with Gasteiger partial charge in [-0.05, 0) is 43.3 Å². The highest BCUT2D eigenvalue weighted by atomic mass is 16.5. The van der Waals surface area contributed by atoms with E-state index in [1.54, 1.807) is 19.2 Å². The van der Waals surface area contributed by atoms with E-state index in [-0.39, 0.29) is 12.5 Å². The van der Waals surface area contributed by atoms with E-state index in [0.717, 1.165) is 28.4 Å². The summed E-state index contributed by atoms with van der Waals surface area (Å²) in [6.07, 6.45) is 0.627. The van der Waals surface area contributed by atoms with Crippen molar-refractivity contribution in [3.63, 3.8) is 0 Å². The summed E-state index contributed by atoms with van der Waals surface area (Å²) < 4.78 is 18.1. The molecule has 148 valence electrons. The van der Waals surface area contributed by atoms with Crippen LogP contribution < -0.4 is 19.5 Å². The number of aryl methyl sites for hydroxylation is 1. The summed E-state index contributed by atoms with van der Waals surface area (Å²) in [6.45, 7) is 2.99. The van der Waals surface area contributed by atoms with Crippen LogP contribution in [0.4, 0.5) is 0 Å². The lowest BCUT2D eigenvalue weighted by Gasteiger charge is -2.08. The van der Waals surface area contributed by atoms with Crippen LogP contribution in [0.1, 0.15) is 12.7 Å². The molecule has 0 saturated heterocycles. The van der Waals surface area contributed by atoms with E-state index < -0.39 is 0 Å². The first-order valence-electron chi connectivity index (χ1n) is 9.22. The number of methoxy groups -OCH3 is 1. The standard InChI is InChI=1S/C21H25N3O4/c1-4-27-15-5-7-16(8-6-15)28-14-21(25)22-12-11-20-23-18-13-17(26-3)9-10-19(18)24(20)2/h5-10,13H,4,11-12,14H2,1-3H3,(H,22,25). The van der Waals surface area contributed by atoms with Crippen molar-refractivity contribution in [1.29, 1.82) is 0 Å². The largest absolute Gasteiger partial charge is 0.497 e. The molecule has 28 heavy (non-hydrogen) atoms. The highest BCUT2D eigenvalue weighted by Gasteiger charge is 2.09. The van der Waals surface area contributed by atoms with E-state index in [4.69, 9.17) is 14.2 Å². The molecule has 3 aromatic rings. The number of nitrogens with one attached hydrogen (secondary N) is 1. The third-order valence-electron chi connectivity index (χ3n) is 4.36. The fourth-order valence-electron chi connectivity index (χ4n) is 2.89. The van der Waals surface area contributed by atoms with Gasteiger partial charge >= 0.3 is 0 Å². The quantitative estimate of drug-likeness (QED) is 0.615. The van der Waals surface area contributed by atoms with Crippen molar-refractivity contribution in [1.82, 2.24) is 14.9 Å². The maximum Gasteiger partial charge on any atom is 0.257 e. The number of imidazole rings is 1. The Morgan fingerprint density at radius 2 is 1.75 bits per heavy atom. The van der Waals surface area contributed by atoms with Crippen molar-refractivity contribution in [2.75, 3.05) is 26.9 Å². The normalized spacial score (nSPS) is 10.7. The summed E-state index contributed by atoms with van der Waals surface area (Å²) in [4.78, 5) is 16.6. The Morgan fingerprint density at radius 1 is 1.07 bits per heavy atom. The van der Waals surface area contributed by atoms with Crippen molar-refractivity contribution >= 4 is 16.9 Å². The van der Waals surface area contributed by atoms with Gasteiger partial charge in [-0.2, -0.15) is 0 Å². The molecule has 1 N–H and O–H groups in total. The van der Waals surface area contributed by atoms with Gasteiger partial charge in [-0.3, -0.25) is 4.79 Å². The molecule has 1 amide bonds. The molecule has 0 bridgehead atoms. The summed E-state index contributed by atoms with van der Waals surface area (Å²) in [6, 6.07) is 13.0. The second-order valence-corrected chi connectivity index (χ2v) is 6.23. The third-order valence-corrected chi connectivity index (χ3v) is 4.36. The highest BCUT2D eigenvalue weighted by molar-refractivity contribution is 5.78. The van der Waals surface area contributed by atoms with Gasteiger partial charge in [0.15, 0.2) is 6.61 Å². The van der Waals surface area contributed by atoms with E-state index in [1.807, 2.05) is 48.9 Å². The molecule has 0 aliphatic heterocycles. The highest BCUT2D eigenvalue weighted by Crippen LogP contribution is 2.21. The number of carbonyl (C=O) groups is 1. The summed E-state index contributed by atoms with van der Waals surface area (Å²) >= 11 is 0. The molecular weight excluding hydrogens is 358 g/mol. The van der Waals surface area contributed by atoms with Gasteiger partial charge in [0, 0.05) is 26.1 Å². The van der Waals surface area contributed by atoms with Gasteiger partial charge in [0.25, 0.3) is 5.91 Å². The Labute approximate surface area is 164 Å². The zero-order chi connectivity index (χ0) is 19.9.